The zero-order valence-corrected chi connectivity index (χ0v) is 6.86. The van der Waals surface area contributed by atoms with Crippen LogP contribution in [-0.4, -0.2) is 22.5 Å². The number of carbonyl (C=O) groups is 1. The van der Waals surface area contributed by atoms with E-state index < -0.39 is 0 Å². The first kappa shape index (κ1) is 8.64. The van der Waals surface area contributed by atoms with Crippen molar-refractivity contribution in [3.63, 3.8) is 0 Å². The summed E-state index contributed by atoms with van der Waals surface area (Å²) in [6.07, 6.45) is 4.86. The van der Waals surface area contributed by atoms with E-state index in [1.54, 1.807) is 25.5 Å². The molecule has 12 heavy (non-hydrogen) atoms. The van der Waals surface area contributed by atoms with E-state index in [-0.39, 0.29) is 12.4 Å². The lowest BCUT2D eigenvalue weighted by molar-refractivity contribution is -0.142. The Balaban J connectivity index is 2.47. The first-order valence-electron chi connectivity index (χ1n) is 3.73. The average Bonchev–Trinajstić information content (AvgIpc) is 2.06. The van der Waals surface area contributed by atoms with Gasteiger partial charge in [0.25, 0.3) is 0 Å². The first-order chi connectivity index (χ1) is 5.83. The minimum Gasteiger partial charge on any atom is -0.466 e. The Morgan fingerprint density at radius 1 is 1.58 bits per heavy atom. The molecule has 0 unspecified atom stereocenters. The molecule has 0 N–H and O–H groups in total. The molecule has 1 aromatic heterocycles. The second kappa shape index (κ2) is 4.43. The zero-order valence-electron chi connectivity index (χ0n) is 6.86. The van der Waals surface area contributed by atoms with Crippen molar-refractivity contribution in [1.29, 1.82) is 0 Å². The molecule has 0 aliphatic carbocycles. The van der Waals surface area contributed by atoms with Crippen molar-refractivity contribution in [2.24, 2.45) is 0 Å². The van der Waals surface area contributed by atoms with Crippen molar-refractivity contribution in [3.8, 4) is 0 Å². The molecule has 0 spiro atoms. The average molecular weight is 166 g/mol. The highest BCUT2D eigenvalue weighted by Gasteiger charge is 2.03. The van der Waals surface area contributed by atoms with Gasteiger partial charge in [-0.2, -0.15) is 0 Å². The monoisotopic (exact) mass is 166 g/mol. The number of aromatic nitrogens is 2. The summed E-state index contributed by atoms with van der Waals surface area (Å²) in [5.41, 5.74) is 0.635. The van der Waals surface area contributed by atoms with E-state index in [1.807, 2.05) is 0 Å². The summed E-state index contributed by atoms with van der Waals surface area (Å²) >= 11 is 0. The van der Waals surface area contributed by atoms with Gasteiger partial charge in [0.1, 0.15) is 0 Å². The van der Waals surface area contributed by atoms with Gasteiger partial charge in [0, 0.05) is 18.6 Å². The summed E-state index contributed by atoms with van der Waals surface area (Å²) in [5, 5.41) is 0. The maximum Gasteiger partial charge on any atom is 0.311 e. The van der Waals surface area contributed by atoms with E-state index in [0.717, 1.165) is 0 Å². The van der Waals surface area contributed by atoms with Gasteiger partial charge in [-0.25, -0.2) is 0 Å². The van der Waals surface area contributed by atoms with Crippen LogP contribution in [0.2, 0.25) is 0 Å². The van der Waals surface area contributed by atoms with Crippen LogP contribution >= 0.6 is 0 Å². The minimum absolute atomic E-state index is 0.196. The van der Waals surface area contributed by atoms with Crippen LogP contribution in [0.3, 0.4) is 0 Å². The molecular weight excluding hydrogens is 156 g/mol. The topological polar surface area (TPSA) is 52.1 Å². The Labute approximate surface area is 70.6 Å². The van der Waals surface area contributed by atoms with Crippen molar-refractivity contribution >= 4 is 5.97 Å². The molecule has 4 heteroatoms. The van der Waals surface area contributed by atoms with E-state index in [2.05, 4.69) is 9.97 Å². The summed E-state index contributed by atoms with van der Waals surface area (Å²) in [7, 11) is 0. The molecule has 1 aromatic rings. The Morgan fingerprint density at radius 2 is 2.42 bits per heavy atom. The normalized spacial score (nSPS) is 9.42. The number of rotatable bonds is 3. The molecule has 1 rings (SSSR count). The summed E-state index contributed by atoms with van der Waals surface area (Å²) < 4.78 is 4.74. The molecule has 0 fully saturated rings. The molecule has 0 radical (unpaired) electrons. The highest BCUT2D eigenvalue weighted by Crippen LogP contribution is 1.93. The molecule has 1 heterocycles. The predicted octanol–water partition coefficient (Wildman–Crippen LogP) is 0.582. The van der Waals surface area contributed by atoms with E-state index >= 15 is 0 Å². The number of nitrogens with zero attached hydrogens (tertiary/aromatic N) is 2. The summed E-state index contributed by atoms with van der Waals surface area (Å²) in [6.45, 7) is 2.17. The van der Waals surface area contributed by atoms with Crippen molar-refractivity contribution in [2.75, 3.05) is 6.61 Å². The molecule has 0 saturated carbocycles. The standard InChI is InChI=1S/C8H10N2O2/c1-2-12-8(11)5-7-6-9-3-4-10-7/h3-4,6H,2,5H2,1H3. The van der Waals surface area contributed by atoms with Crippen LogP contribution in [0.4, 0.5) is 0 Å². The molecule has 4 nitrogen and oxygen atoms in total. The molecule has 0 atom stereocenters. The Morgan fingerprint density at radius 3 is 3.00 bits per heavy atom. The second-order valence-electron chi connectivity index (χ2n) is 2.18. The van der Waals surface area contributed by atoms with Crippen molar-refractivity contribution in [1.82, 2.24) is 9.97 Å². The van der Waals surface area contributed by atoms with E-state index in [1.165, 1.54) is 0 Å². The van der Waals surface area contributed by atoms with Crippen molar-refractivity contribution < 1.29 is 9.53 Å². The van der Waals surface area contributed by atoms with Crippen LogP contribution in [0, 0.1) is 0 Å². The fraction of sp³-hybridized carbons (Fsp3) is 0.375. The lowest BCUT2D eigenvalue weighted by atomic mass is 10.3. The van der Waals surface area contributed by atoms with Crippen LogP contribution < -0.4 is 0 Å². The second-order valence-corrected chi connectivity index (χ2v) is 2.18. The Bertz CT molecular complexity index is 248. The number of carbonyl (C=O) groups excluding carboxylic acids is 1. The molecule has 0 aliphatic rings. The fourth-order valence-corrected chi connectivity index (χ4v) is 0.781. The summed E-state index contributed by atoms with van der Waals surface area (Å²) in [6, 6.07) is 0. The van der Waals surface area contributed by atoms with Gasteiger partial charge in [-0.1, -0.05) is 0 Å². The lowest BCUT2D eigenvalue weighted by Gasteiger charge is -1.99. The highest BCUT2D eigenvalue weighted by molar-refractivity contribution is 5.71. The van der Waals surface area contributed by atoms with Crippen LogP contribution in [0.5, 0.6) is 0 Å². The minimum atomic E-state index is -0.266. The smallest absolute Gasteiger partial charge is 0.311 e. The largest absolute Gasteiger partial charge is 0.466 e. The predicted molar refractivity (Wildman–Crippen MR) is 42.4 cm³/mol. The van der Waals surface area contributed by atoms with Crippen LogP contribution in [0.1, 0.15) is 12.6 Å². The fourth-order valence-electron chi connectivity index (χ4n) is 0.781. The number of esters is 1. The van der Waals surface area contributed by atoms with E-state index in [9.17, 15) is 4.79 Å². The number of ether oxygens (including phenoxy) is 1. The third-order valence-corrected chi connectivity index (χ3v) is 1.25. The third kappa shape index (κ3) is 2.65. The molecular formula is C8H10N2O2. The quantitative estimate of drug-likeness (QED) is 0.616. The SMILES string of the molecule is CCOC(=O)Cc1cnccn1. The van der Waals surface area contributed by atoms with Crippen LogP contribution in [0.15, 0.2) is 18.6 Å². The van der Waals surface area contributed by atoms with Gasteiger partial charge >= 0.3 is 5.97 Å². The molecule has 64 valence electrons. The van der Waals surface area contributed by atoms with Gasteiger partial charge in [0.05, 0.1) is 18.7 Å². The third-order valence-electron chi connectivity index (χ3n) is 1.25. The van der Waals surface area contributed by atoms with Gasteiger partial charge in [-0.05, 0) is 6.92 Å². The van der Waals surface area contributed by atoms with Crippen LogP contribution in [-0.2, 0) is 16.0 Å². The van der Waals surface area contributed by atoms with Gasteiger partial charge in [0.15, 0.2) is 0 Å². The highest BCUT2D eigenvalue weighted by atomic mass is 16.5. The number of hydrogen-bond donors (Lipinski definition) is 0. The first-order valence-corrected chi connectivity index (χ1v) is 3.73. The molecule has 0 saturated heterocycles. The Hall–Kier alpha value is -1.45. The van der Waals surface area contributed by atoms with Crippen molar-refractivity contribution in [3.05, 3.63) is 24.3 Å². The van der Waals surface area contributed by atoms with Gasteiger partial charge in [0.2, 0.25) is 0 Å². The van der Waals surface area contributed by atoms with Gasteiger partial charge in [-0.3, -0.25) is 14.8 Å². The molecule has 0 aliphatic heterocycles. The molecule has 0 bridgehead atoms. The van der Waals surface area contributed by atoms with E-state index in [0.29, 0.717) is 12.3 Å². The zero-order chi connectivity index (χ0) is 8.81. The Kier molecular flexibility index (Phi) is 3.19. The summed E-state index contributed by atoms with van der Waals surface area (Å²) in [4.78, 5) is 18.7. The lowest BCUT2D eigenvalue weighted by Crippen LogP contribution is -2.08. The van der Waals surface area contributed by atoms with E-state index in [4.69, 9.17) is 4.74 Å². The maximum atomic E-state index is 10.9. The molecule has 0 amide bonds. The molecule has 0 aromatic carbocycles. The van der Waals surface area contributed by atoms with Gasteiger partial charge in [-0.15, -0.1) is 0 Å². The number of hydrogen-bond acceptors (Lipinski definition) is 4. The maximum absolute atomic E-state index is 10.9. The van der Waals surface area contributed by atoms with Crippen molar-refractivity contribution in [2.45, 2.75) is 13.3 Å². The van der Waals surface area contributed by atoms with Gasteiger partial charge < -0.3 is 4.74 Å². The van der Waals surface area contributed by atoms with Crippen LogP contribution in [0.25, 0.3) is 0 Å². The summed E-state index contributed by atoms with van der Waals surface area (Å²) in [5.74, 6) is -0.266.